The predicted molar refractivity (Wildman–Crippen MR) is 54.9 cm³/mol. The molecule has 0 radical (unpaired) electrons. The highest BCUT2D eigenvalue weighted by Gasteiger charge is 2.12. The third kappa shape index (κ3) is 2.16. The first-order chi connectivity index (χ1) is 6.07. The van der Waals surface area contributed by atoms with Gasteiger partial charge in [0.05, 0.1) is 0 Å². The Morgan fingerprint density at radius 2 is 2.07 bits per heavy atom. The van der Waals surface area contributed by atoms with E-state index in [4.69, 9.17) is 10.8 Å². The molecule has 5 heteroatoms. The van der Waals surface area contributed by atoms with Crippen LogP contribution in [0.15, 0.2) is 12.1 Å². The summed E-state index contributed by atoms with van der Waals surface area (Å²) in [7, 11) is 0. The van der Waals surface area contributed by atoms with Gasteiger partial charge in [-0.3, -0.25) is 0 Å². The van der Waals surface area contributed by atoms with Crippen LogP contribution in [-0.2, 0) is 6.54 Å². The molecule has 0 aliphatic heterocycles. The molecule has 0 aromatic heterocycles. The number of hydrogen-bond acceptors (Lipinski definition) is 3. The van der Waals surface area contributed by atoms with Crippen LogP contribution in [0.1, 0.15) is 21.5 Å². The van der Waals surface area contributed by atoms with E-state index in [2.05, 4.69) is 0 Å². The number of phenols is 1. The van der Waals surface area contributed by atoms with Crippen molar-refractivity contribution in [1.82, 2.24) is 0 Å². The molecule has 0 heterocycles. The van der Waals surface area contributed by atoms with Crippen molar-refractivity contribution in [2.75, 3.05) is 0 Å². The number of hydrogen-bond donors (Lipinski definition) is 3. The van der Waals surface area contributed by atoms with Crippen molar-refractivity contribution in [2.45, 2.75) is 13.5 Å². The number of carboxylic acids is 1. The zero-order valence-corrected chi connectivity index (χ0v) is 8.47. The summed E-state index contributed by atoms with van der Waals surface area (Å²) in [5.74, 6) is -1.33. The van der Waals surface area contributed by atoms with Gasteiger partial charge in [-0.05, 0) is 24.1 Å². The second-order valence-electron chi connectivity index (χ2n) is 2.76. The van der Waals surface area contributed by atoms with Gasteiger partial charge in [-0.2, -0.15) is 0 Å². The van der Waals surface area contributed by atoms with Gasteiger partial charge in [0.15, 0.2) is 0 Å². The highest BCUT2D eigenvalue weighted by Crippen LogP contribution is 2.24. The van der Waals surface area contributed by atoms with Crippen LogP contribution in [-0.4, -0.2) is 16.2 Å². The van der Waals surface area contributed by atoms with Crippen molar-refractivity contribution < 1.29 is 15.0 Å². The Kier molecular flexibility index (Phi) is 4.40. The van der Waals surface area contributed by atoms with Crippen molar-refractivity contribution >= 4 is 18.4 Å². The molecule has 0 unspecified atom stereocenters. The molecule has 78 valence electrons. The van der Waals surface area contributed by atoms with Crippen molar-refractivity contribution in [3.05, 3.63) is 28.8 Å². The molecule has 0 amide bonds. The molecule has 0 aliphatic rings. The smallest absolute Gasteiger partial charge is 0.339 e. The van der Waals surface area contributed by atoms with Gasteiger partial charge < -0.3 is 15.9 Å². The normalized spacial score (nSPS) is 9.29. The summed E-state index contributed by atoms with van der Waals surface area (Å²) in [6, 6.07) is 2.96. The van der Waals surface area contributed by atoms with Crippen LogP contribution >= 0.6 is 12.4 Å². The Labute approximate surface area is 87.8 Å². The lowest BCUT2D eigenvalue weighted by Crippen LogP contribution is -2.03. The number of rotatable bonds is 2. The molecular weight excluding hydrogens is 206 g/mol. The largest absolute Gasteiger partial charge is 0.507 e. The molecule has 0 bridgehead atoms. The zero-order valence-electron chi connectivity index (χ0n) is 7.65. The highest BCUT2D eigenvalue weighted by atomic mass is 35.5. The number of nitrogens with two attached hydrogens (primary N) is 1. The molecular formula is C9H12ClNO3. The van der Waals surface area contributed by atoms with E-state index in [0.717, 1.165) is 5.56 Å². The van der Waals surface area contributed by atoms with E-state index in [1.165, 1.54) is 6.07 Å². The summed E-state index contributed by atoms with van der Waals surface area (Å²) in [6.45, 7) is 1.93. The molecule has 1 aromatic rings. The minimum Gasteiger partial charge on any atom is -0.507 e. The van der Waals surface area contributed by atoms with E-state index in [-0.39, 0.29) is 23.7 Å². The van der Waals surface area contributed by atoms with Crippen LogP contribution < -0.4 is 5.73 Å². The molecule has 4 nitrogen and oxygen atoms in total. The second kappa shape index (κ2) is 4.83. The first-order valence-corrected chi connectivity index (χ1v) is 3.82. The molecule has 0 spiro atoms. The molecule has 14 heavy (non-hydrogen) atoms. The third-order valence-corrected chi connectivity index (χ3v) is 1.99. The lowest BCUT2D eigenvalue weighted by atomic mass is 10.0. The second-order valence-corrected chi connectivity index (χ2v) is 2.76. The lowest BCUT2D eigenvalue weighted by Gasteiger charge is -2.07. The molecule has 0 saturated heterocycles. The molecule has 1 rings (SSSR count). The number of aromatic carboxylic acids is 1. The molecule has 0 atom stereocenters. The van der Waals surface area contributed by atoms with Crippen LogP contribution in [0.5, 0.6) is 5.75 Å². The maximum atomic E-state index is 10.6. The number of carbonyl (C=O) groups is 1. The lowest BCUT2D eigenvalue weighted by molar-refractivity contribution is 0.0693. The fourth-order valence-corrected chi connectivity index (χ4v) is 1.14. The minimum atomic E-state index is -1.14. The summed E-state index contributed by atoms with van der Waals surface area (Å²) < 4.78 is 0. The van der Waals surface area contributed by atoms with Crippen molar-refractivity contribution in [1.29, 1.82) is 0 Å². The number of benzene rings is 1. The maximum Gasteiger partial charge on any atom is 0.339 e. The highest BCUT2D eigenvalue weighted by molar-refractivity contribution is 5.91. The van der Waals surface area contributed by atoms with Crippen molar-refractivity contribution in [3.63, 3.8) is 0 Å². The van der Waals surface area contributed by atoms with Crippen LogP contribution in [0.4, 0.5) is 0 Å². The first-order valence-electron chi connectivity index (χ1n) is 3.82. The molecule has 0 aliphatic carbocycles. The van der Waals surface area contributed by atoms with E-state index in [1.807, 2.05) is 0 Å². The summed E-state index contributed by atoms with van der Waals surface area (Å²) in [5, 5.41) is 18.1. The molecule has 4 N–H and O–H groups in total. The fraction of sp³-hybridized carbons (Fsp3) is 0.222. The fourth-order valence-electron chi connectivity index (χ4n) is 1.14. The van der Waals surface area contributed by atoms with Gasteiger partial charge in [0.2, 0.25) is 0 Å². The third-order valence-electron chi connectivity index (χ3n) is 1.99. The van der Waals surface area contributed by atoms with Crippen molar-refractivity contribution in [2.24, 2.45) is 5.73 Å². The molecule has 1 aromatic carbocycles. The Morgan fingerprint density at radius 1 is 1.50 bits per heavy atom. The predicted octanol–water partition coefficient (Wildman–Crippen LogP) is 1.28. The van der Waals surface area contributed by atoms with Gasteiger partial charge in [-0.1, -0.05) is 6.07 Å². The Balaban J connectivity index is 0.00000169. The van der Waals surface area contributed by atoms with Gasteiger partial charge in [0.1, 0.15) is 11.3 Å². The molecule has 0 saturated carbocycles. The van der Waals surface area contributed by atoms with Crippen LogP contribution in [0, 0.1) is 6.92 Å². The van der Waals surface area contributed by atoms with Gasteiger partial charge >= 0.3 is 5.97 Å². The quantitative estimate of drug-likeness (QED) is 0.697. The van der Waals surface area contributed by atoms with Crippen LogP contribution in [0.2, 0.25) is 0 Å². The van der Waals surface area contributed by atoms with Gasteiger partial charge in [-0.15, -0.1) is 12.4 Å². The average molecular weight is 218 g/mol. The van der Waals surface area contributed by atoms with E-state index in [0.29, 0.717) is 12.1 Å². The van der Waals surface area contributed by atoms with Gasteiger partial charge in [0, 0.05) is 6.54 Å². The van der Waals surface area contributed by atoms with E-state index < -0.39 is 5.97 Å². The van der Waals surface area contributed by atoms with E-state index >= 15 is 0 Å². The van der Waals surface area contributed by atoms with E-state index in [1.54, 1.807) is 13.0 Å². The standard InChI is InChI=1S/C9H11NO3.ClH/c1-5-6(4-10)2-3-7(8(5)11)9(12)13;/h2-3,11H,4,10H2,1H3,(H,12,13);1H. The van der Waals surface area contributed by atoms with Crippen LogP contribution in [0.25, 0.3) is 0 Å². The van der Waals surface area contributed by atoms with E-state index in [9.17, 15) is 9.90 Å². The van der Waals surface area contributed by atoms with Crippen LogP contribution in [0.3, 0.4) is 0 Å². The monoisotopic (exact) mass is 217 g/mol. The number of halogens is 1. The first kappa shape index (κ1) is 12.7. The SMILES string of the molecule is Cc1c(CN)ccc(C(=O)O)c1O.Cl. The van der Waals surface area contributed by atoms with Gasteiger partial charge in [0.25, 0.3) is 0 Å². The van der Waals surface area contributed by atoms with Crippen molar-refractivity contribution in [3.8, 4) is 5.75 Å². The Bertz CT molecular complexity index is 352. The number of carboxylic acid groups (broad SMARTS) is 1. The Morgan fingerprint density at radius 3 is 2.50 bits per heavy atom. The molecule has 0 fully saturated rings. The van der Waals surface area contributed by atoms with Gasteiger partial charge in [-0.25, -0.2) is 4.79 Å². The average Bonchev–Trinajstić information content (AvgIpc) is 2.09. The minimum absolute atomic E-state index is 0. The summed E-state index contributed by atoms with van der Waals surface area (Å²) in [4.78, 5) is 10.6. The topological polar surface area (TPSA) is 83.6 Å². The maximum absolute atomic E-state index is 10.6. The number of aromatic hydroxyl groups is 1. The summed E-state index contributed by atoms with van der Waals surface area (Å²) in [6.07, 6.45) is 0. The Hall–Kier alpha value is -1.26. The zero-order chi connectivity index (χ0) is 10.0. The summed E-state index contributed by atoms with van der Waals surface area (Å²) in [5.41, 5.74) is 6.58. The summed E-state index contributed by atoms with van der Waals surface area (Å²) >= 11 is 0.